The van der Waals surface area contributed by atoms with Crippen molar-refractivity contribution in [3.63, 3.8) is 0 Å². The van der Waals surface area contributed by atoms with Crippen LogP contribution >= 0.6 is 11.8 Å². The Morgan fingerprint density at radius 3 is 2.60 bits per heavy atom. The maximum absolute atomic E-state index is 8.80. The van der Waals surface area contributed by atoms with Gasteiger partial charge in [0.25, 0.3) is 0 Å². The van der Waals surface area contributed by atoms with Gasteiger partial charge in [0.1, 0.15) is 0 Å². The van der Waals surface area contributed by atoms with Gasteiger partial charge in [-0.2, -0.15) is 0 Å². The van der Waals surface area contributed by atoms with Crippen molar-refractivity contribution >= 4 is 17.5 Å². The molecular formula is C7H13NOS. The highest BCUT2D eigenvalue weighted by atomic mass is 32.2. The second kappa shape index (κ2) is 5.35. The van der Waals surface area contributed by atoms with Gasteiger partial charge in [0, 0.05) is 5.71 Å². The molecule has 2 nitrogen and oxygen atoms in total. The first-order chi connectivity index (χ1) is 4.66. The highest BCUT2D eigenvalue weighted by Crippen LogP contribution is 1.94. The number of aliphatic hydroxyl groups excluding tert-OH is 1. The lowest BCUT2D eigenvalue weighted by molar-refractivity contribution is 0.415. The quantitative estimate of drug-likeness (QED) is 0.506. The fourth-order valence-corrected chi connectivity index (χ4v) is 0.847. The summed E-state index contributed by atoms with van der Waals surface area (Å²) in [5, 5.41) is 8.80. The van der Waals surface area contributed by atoms with Gasteiger partial charge in [-0.15, -0.1) is 11.8 Å². The third-order valence-corrected chi connectivity index (χ3v) is 1.25. The number of nitrogens with zero attached hydrogens (tertiary/aromatic N) is 1. The molecule has 58 valence electrons. The zero-order chi connectivity index (χ0) is 7.98. The molecule has 0 unspecified atom stereocenters. The number of aliphatic imine (C=N–C) groups is 1. The molecule has 1 N–H and O–H groups in total. The monoisotopic (exact) mass is 159 g/mol. The van der Waals surface area contributed by atoms with Crippen LogP contribution in [0, 0.1) is 0 Å². The molecule has 0 rings (SSSR count). The molecule has 0 saturated carbocycles. The van der Waals surface area contributed by atoms with Crippen molar-refractivity contribution in [2.45, 2.75) is 13.8 Å². The molecule has 0 atom stereocenters. The molecule has 0 saturated heterocycles. The maximum atomic E-state index is 8.80. The van der Waals surface area contributed by atoms with E-state index in [0.29, 0.717) is 5.76 Å². The molecule has 0 aromatic carbocycles. The Morgan fingerprint density at radius 1 is 1.60 bits per heavy atom. The van der Waals surface area contributed by atoms with Crippen LogP contribution in [0.1, 0.15) is 13.8 Å². The van der Waals surface area contributed by atoms with Crippen LogP contribution in [-0.4, -0.2) is 23.0 Å². The molecule has 0 aliphatic rings. The predicted octanol–water partition coefficient (Wildman–Crippen LogP) is 2.23. The Bertz CT molecular complexity index is 148. The average molecular weight is 159 g/mol. The smallest absolute Gasteiger partial charge is 0.0909 e. The molecular weight excluding hydrogens is 146 g/mol. The third kappa shape index (κ3) is 5.69. The molecule has 0 aliphatic heterocycles. The first-order valence-corrected chi connectivity index (χ1v) is 4.43. The van der Waals surface area contributed by atoms with Crippen LogP contribution in [0.25, 0.3) is 0 Å². The largest absolute Gasteiger partial charge is 0.513 e. The molecule has 0 aromatic heterocycles. The molecule has 0 aliphatic carbocycles. The lowest BCUT2D eigenvalue weighted by Gasteiger charge is -1.91. The van der Waals surface area contributed by atoms with Gasteiger partial charge in [0.15, 0.2) is 0 Å². The van der Waals surface area contributed by atoms with Crippen LogP contribution in [0.2, 0.25) is 0 Å². The highest BCUT2D eigenvalue weighted by molar-refractivity contribution is 7.98. The predicted molar refractivity (Wildman–Crippen MR) is 47.9 cm³/mol. The highest BCUT2D eigenvalue weighted by Gasteiger charge is 1.84. The first-order valence-electron chi connectivity index (χ1n) is 3.04. The summed E-state index contributed by atoms with van der Waals surface area (Å²) in [5.74, 6) is 1.07. The van der Waals surface area contributed by atoms with Crippen molar-refractivity contribution in [1.29, 1.82) is 0 Å². The van der Waals surface area contributed by atoms with E-state index in [1.807, 2.05) is 13.2 Å². The Balaban J connectivity index is 3.82. The van der Waals surface area contributed by atoms with Crippen LogP contribution in [0.3, 0.4) is 0 Å². The molecule has 0 amide bonds. The second-order valence-corrected chi connectivity index (χ2v) is 2.84. The Labute approximate surface area is 66.1 Å². The van der Waals surface area contributed by atoms with E-state index < -0.39 is 0 Å². The number of hydrogen-bond acceptors (Lipinski definition) is 3. The molecule has 0 heterocycles. The fourth-order valence-electron chi connectivity index (χ4n) is 0.514. The topological polar surface area (TPSA) is 32.6 Å². The van der Waals surface area contributed by atoms with Crippen LogP contribution in [0.15, 0.2) is 16.8 Å². The zero-order valence-corrected chi connectivity index (χ0v) is 7.40. The Hall–Kier alpha value is -0.440. The molecule has 0 radical (unpaired) electrons. The van der Waals surface area contributed by atoms with Crippen molar-refractivity contribution in [2.75, 3.05) is 12.1 Å². The summed E-state index contributed by atoms with van der Waals surface area (Å²) in [7, 11) is 0. The minimum Gasteiger partial charge on any atom is -0.513 e. The van der Waals surface area contributed by atoms with Gasteiger partial charge in [-0.05, 0) is 26.2 Å². The van der Waals surface area contributed by atoms with Crippen molar-refractivity contribution < 1.29 is 5.11 Å². The Morgan fingerprint density at radius 2 is 2.20 bits per heavy atom. The van der Waals surface area contributed by atoms with E-state index in [-0.39, 0.29) is 0 Å². The van der Waals surface area contributed by atoms with Gasteiger partial charge in [0.05, 0.1) is 11.6 Å². The molecule has 3 heteroatoms. The van der Waals surface area contributed by atoms with Crippen molar-refractivity contribution in [3.05, 3.63) is 11.8 Å². The lowest BCUT2D eigenvalue weighted by atomic mass is 10.3. The van der Waals surface area contributed by atoms with E-state index in [1.54, 1.807) is 24.8 Å². The van der Waals surface area contributed by atoms with Crippen molar-refractivity contribution in [1.82, 2.24) is 0 Å². The minimum atomic E-state index is 0.308. The van der Waals surface area contributed by atoms with Crippen LogP contribution < -0.4 is 0 Å². The van der Waals surface area contributed by atoms with Gasteiger partial charge < -0.3 is 5.11 Å². The van der Waals surface area contributed by atoms with Gasteiger partial charge in [-0.25, -0.2) is 0 Å². The fraction of sp³-hybridized carbons (Fsp3) is 0.571. The van der Waals surface area contributed by atoms with E-state index in [1.165, 1.54) is 0 Å². The van der Waals surface area contributed by atoms with E-state index in [9.17, 15) is 0 Å². The summed E-state index contributed by atoms with van der Waals surface area (Å²) in [6.07, 6.45) is 3.64. The molecule has 0 spiro atoms. The van der Waals surface area contributed by atoms with Crippen molar-refractivity contribution in [3.8, 4) is 0 Å². The number of allylic oxidation sites excluding steroid dienone is 2. The first kappa shape index (κ1) is 9.56. The average Bonchev–Trinajstić information content (AvgIpc) is 1.82. The summed E-state index contributed by atoms with van der Waals surface area (Å²) < 4.78 is 0. The van der Waals surface area contributed by atoms with Crippen molar-refractivity contribution in [2.24, 2.45) is 4.99 Å². The van der Waals surface area contributed by atoms with Gasteiger partial charge in [-0.1, -0.05) is 0 Å². The summed E-state index contributed by atoms with van der Waals surface area (Å²) in [4.78, 5) is 4.13. The van der Waals surface area contributed by atoms with E-state index in [2.05, 4.69) is 4.99 Å². The normalized spacial score (nSPS) is 13.9. The standard InChI is InChI=1S/C7H13NOS/c1-6(4-7(2)9)8-5-10-3/h4,9H,5H2,1-3H3/b7-4-,8-6+. The molecule has 0 fully saturated rings. The maximum Gasteiger partial charge on any atom is 0.0909 e. The van der Waals surface area contributed by atoms with Crippen LogP contribution in [0.4, 0.5) is 0 Å². The third-order valence-electron chi connectivity index (χ3n) is 0.861. The van der Waals surface area contributed by atoms with Gasteiger partial charge in [0.2, 0.25) is 0 Å². The summed E-state index contributed by atoms with van der Waals surface area (Å²) >= 11 is 1.66. The van der Waals surface area contributed by atoms with E-state index in [4.69, 9.17) is 5.11 Å². The van der Waals surface area contributed by atoms with Gasteiger partial charge >= 0.3 is 0 Å². The molecule has 10 heavy (non-hydrogen) atoms. The lowest BCUT2D eigenvalue weighted by Crippen LogP contribution is -1.87. The SMILES string of the molecule is CSC/N=C(C)/C=C(/C)O. The minimum absolute atomic E-state index is 0.308. The number of aliphatic hydroxyl groups is 1. The number of hydrogen-bond donors (Lipinski definition) is 1. The number of thioether (sulfide) groups is 1. The second-order valence-electron chi connectivity index (χ2n) is 2.00. The zero-order valence-electron chi connectivity index (χ0n) is 6.59. The number of rotatable bonds is 3. The van der Waals surface area contributed by atoms with Crippen LogP contribution in [0.5, 0.6) is 0 Å². The van der Waals surface area contributed by atoms with Crippen LogP contribution in [-0.2, 0) is 0 Å². The summed E-state index contributed by atoms with van der Waals surface area (Å²) in [6.45, 7) is 3.51. The summed E-state index contributed by atoms with van der Waals surface area (Å²) in [5.41, 5.74) is 0.870. The van der Waals surface area contributed by atoms with Gasteiger partial charge in [-0.3, -0.25) is 4.99 Å². The molecule has 0 bridgehead atoms. The molecule has 0 aromatic rings. The van der Waals surface area contributed by atoms with E-state index >= 15 is 0 Å². The summed E-state index contributed by atoms with van der Waals surface area (Å²) in [6, 6.07) is 0. The van der Waals surface area contributed by atoms with E-state index in [0.717, 1.165) is 11.6 Å². The Kier molecular flexibility index (Phi) is 5.12.